The highest BCUT2D eigenvalue weighted by molar-refractivity contribution is 6.29. The summed E-state index contributed by atoms with van der Waals surface area (Å²) in [6.45, 7) is 0. The van der Waals surface area contributed by atoms with Crippen LogP contribution in [-0.4, -0.2) is 23.2 Å². The third-order valence-electron chi connectivity index (χ3n) is 1.25. The molecule has 4 nitrogen and oxygen atoms in total. The number of hydrogen-bond acceptors (Lipinski definition) is 4. The molecule has 5 heteroatoms. The number of esters is 1. The maximum absolute atomic E-state index is 10.9. The molecule has 0 radical (unpaired) electrons. The molecule has 1 aromatic heterocycles. The Morgan fingerprint density at radius 2 is 2.42 bits per heavy atom. The van der Waals surface area contributed by atoms with Crippen LogP contribution >= 0.6 is 11.6 Å². The second kappa shape index (κ2) is 3.40. The normalized spacial score (nSPS) is 9.50. The van der Waals surface area contributed by atoms with Crippen LogP contribution in [0.3, 0.4) is 0 Å². The molecule has 1 N–H and O–H groups in total. The van der Waals surface area contributed by atoms with Gasteiger partial charge in [0.2, 0.25) is 0 Å². The van der Waals surface area contributed by atoms with E-state index in [-0.39, 0.29) is 16.5 Å². The third-order valence-corrected chi connectivity index (χ3v) is 1.46. The van der Waals surface area contributed by atoms with E-state index in [1.165, 1.54) is 13.2 Å². The Hall–Kier alpha value is -1.29. The fraction of sp³-hybridized carbons (Fsp3) is 0.143. The van der Waals surface area contributed by atoms with Crippen molar-refractivity contribution >= 4 is 17.6 Å². The van der Waals surface area contributed by atoms with Crippen LogP contribution in [0.4, 0.5) is 0 Å². The van der Waals surface area contributed by atoms with Gasteiger partial charge in [-0.05, 0) is 6.07 Å². The van der Waals surface area contributed by atoms with Crippen molar-refractivity contribution in [2.24, 2.45) is 0 Å². The molecular formula is C7H6ClNO3. The number of aromatic hydroxyl groups is 1. The van der Waals surface area contributed by atoms with Gasteiger partial charge in [0, 0.05) is 0 Å². The van der Waals surface area contributed by atoms with Crippen LogP contribution in [0, 0.1) is 0 Å². The minimum Gasteiger partial charge on any atom is -0.505 e. The molecule has 0 saturated carbocycles. The van der Waals surface area contributed by atoms with Crippen molar-refractivity contribution in [2.75, 3.05) is 7.11 Å². The Balaban J connectivity index is 3.13. The number of aromatic nitrogens is 1. The SMILES string of the molecule is COC(=O)c1cc(Cl)ncc1O. The van der Waals surface area contributed by atoms with Crippen LogP contribution in [0.15, 0.2) is 12.3 Å². The molecule has 1 heterocycles. The topological polar surface area (TPSA) is 59.4 Å². The standard InChI is InChI=1S/C7H6ClNO3/c1-12-7(11)4-2-6(8)9-3-5(4)10/h2-3,10H,1H3. The lowest BCUT2D eigenvalue weighted by atomic mass is 10.2. The molecule has 0 bridgehead atoms. The van der Waals surface area contributed by atoms with Crippen LogP contribution in [-0.2, 0) is 4.74 Å². The Labute approximate surface area is 73.8 Å². The molecule has 1 aromatic rings. The number of rotatable bonds is 1. The highest BCUT2D eigenvalue weighted by atomic mass is 35.5. The van der Waals surface area contributed by atoms with E-state index in [0.717, 1.165) is 6.20 Å². The van der Waals surface area contributed by atoms with E-state index in [1.54, 1.807) is 0 Å². The molecular weight excluding hydrogens is 182 g/mol. The quantitative estimate of drug-likeness (QED) is 0.531. The number of hydrogen-bond donors (Lipinski definition) is 1. The molecule has 0 aromatic carbocycles. The first-order chi connectivity index (χ1) is 5.65. The number of methoxy groups -OCH3 is 1. The van der Waals surface area contributed by atoms with Crippen LogP contribution < -0.4 is 0 Å². The fourth-order valence-electron chi connectivity index (χ4n) is 0.696. The van der Waals surface area contributed by atoms with Crippen molar-refractivity contribution in [3.05, 3.63) is 23.0 Å². The lowest BCUT2D eigenvalue weighted by Gasteiger charge is -2.00. The predicted octanol–water partition coefficient (Wildman–Crippen LogP) is 1.23. The van der Waals surface area contributed by atoms with Gasteiger partial charge in [-0.3, -0.25) is 0 Å². The summed E-state index contributed by atoms with van der Waals surface area (Å²) in [7, 11) is 1.22. The first kappa shape index (κ1) is 8.80. The molecule has 0 saturated heterocycles. The zero-order chi connectivity index (χ0) is 9.14. The number of pyridine rings is 1. The lowest BCUT2D eigenvalue weighted by molar-refractivity contribution is 0.0597. The Morgan fingerprint density at radius 3 is 3.00 bits per heavy atom. The highest BCUT2D eigenvalue weighted by Gasteiger charge is 2.11. The van der Waals surface area contributed by atoms with E-state index < -0.39 is 5.97 Å². The summed E-state index contributed by atoms with van der Waals surface area (Å²) in [4.78, 5) is 14.5. The molecule has 0 spiro atoms. The Kier molecular flexibility index (Phi) is 2.50. The predicted molar refractivity (Wildman–Crippen MR) is 42.3 cm³/mol. The van der Waals surface area contributed by atoms with Crippen LogP contribution in [0.1, 0.15) is 10.4 Å². The summed E-state index contributed by atoms with van der Waals surface area (Å²) in [6.07, 6.45) is 1.09. The molecule has 0 aliphatic carbocycles. The average Bonchev–Trinajstić information content (AvgIpc) is 2.08. The molecule has 0 aliphatic rings. The zero-order valence-corrected chi connectivity index (χ0v) is 7.00. The van der Waals surface area contributed by atoms with E-state index in [2.05, 4.69) is 9.72 Å². The van der Waals surface area contributed by atoms with Gasteiger partial charge < -0.3 is 9.84 Å². The maximum atomic E-state index is 10.9. The number of carbonyl (C=O) groups is 1. The van der Waals surface area contributed by atoms with E-state index in [0.29, 0.717) is 0 Å². The zero-order valence-electron chi connectivity index (χ0n) is 6.24. The fourth-order valence-corrected chi connectivity index (χ4v) is 0.854. The maximum Gasteiger partial charge on any atom is 0.341 e. The summed E-state index contributed by atoms with van der Waals surface area (Å²) in [5.74, 6) is -0.886. The van der Waals surface area contributed by atoms with Gasteiger partial charge >= 0.3 is 5.97 Å². The summed E-state index contributed by atoms with van der Waals surface area (Å²) in [5.41, 5.74) is 0.0116. The average molecular weight is 188 g/mol. The summed E-state index contributed by atoms with van der Waals surface area (Å²) < 4.78 is 4.39. The first-order valence-electron chi connectivity index (χ1n) is 3.08. The van der Waals surface area contributed by atoms with E-state index >= 15 is 0 Å². The molecule has 0 amide bonds. The third kappa shape index (κ3) is 1.65. The van der Waals surface area contributed by atoms with Gasteiger partial charge in [-0.15, -0.1) is 0 Å². The van der Waals surface area contributed by atoms with Gasteiger partial charge in [-0.25, -0.2) is 9.78 Å². The Morgan fingerprint density at radius 1 is 1.75 bits per heavy atom. The molecule has 1 rings (SSSR count). The summed E-state index contributed by atoms with van der Waals surface area (Å²) in [6, 6.07) is 1.24. The molecule has 64 valence electrons. The number of halogens is 1. The first-order valence-corrected chi connectivity index (χ1v) is 3.45. The van der Waals surface area contributed by atoms with E-state index in [4.69, 9.17) is 16.7 Å². The van der Waals surface area contributed by atoms with Crippen molar-refractivity contribution < 1.29 is 14.6 Å². The lowest BCUT2D eigenvalue weighted by Crippen LogP contribution is -2.01. The second-order valence-corrected chi connectivity index (χ2v) is 2.40. The van der Waals surface area contributed by atoms with E-state index in [1.807, 2.05) is 0 Å². The van der Waals surface area contributed by atoms with Crippen LogP contribution in [0.25, 0.3) is 0 Å². The molecule has 12 heavy (non-hydrogen) atoms. The van der Waals surface area contributed by atoms with Crippen molar-refractivity contribution in [1.29, 1.82) is 0 Å². The highest BCUT2D eigenvalue weighted by Crippen LogP contribution is 2.19. The summed E-state index contributed by atoms with van der Waals surface area (Å²) in [5, 5.41) is 9.25. The minimum absolute atomic E-state index is 0.0116. The number of nitrogens with zero attached hydrogens (tertiary/aromatic N) is 1. The molecule has 0 aliphatic heterocycles. The summed E-state index contributed by atoms with van der Waals surface area (Å²) >= 11 is 5.49. The van der Waals surface area contributed by atoms with Gasteiger partial charge in [0.05, 0.1) is 13.3 Å². The van der Waals surface area contributed by atoms with Gasteiger partial charge in [-0.1, -0.05) is 11.6 Å². The van der Waals surface area contributed by atoms with E-state index in [9.17, 15) is 4.79 Å². The van der Waals surface area contributed by atoms with Crippen molar-refractivity contribution in [1.82, 2.24) is 4.98 Å². The molecule has 0 atom stereocenters. The van der Waals surface area contributed by atoms with Gasteiger partial charge in [0.15, 0.2) is 0 Å². The van der Waals surface area contributed by atoms with Crippen LogP contribution in [0.5, 0.6) is 5.75 Å². The monoisotopic (exact) mass is 187 g/mol. The van der Waals surface area contributed by atoms with Gasteiger partial charge in [0.25, 0.3) is 0 Å². The van der Waals surface area contributed by atoms with Gasteiger partial charge in [0.1, 0.15) is 16.5 Å². The minimum atomic E-state index is -0.642. The molecule has 0 fully saturated rings. The number of carbonyl (C=O) groups excluding carboxylic acids is 1. The Bertz CT molecular complexity index is 314. The second-order valence-electron chi connectivity index (χ2n) is 2.02. The van der Waals surface area contributed by atoms with Crippen molar-refractivity contribution in [2.45, 2.75) is 0 Å². The largest absolute Gasteiger partial charge is 0.505 e. The number of ether oxygens (including phenoxy) is 1. The van der Waals surface area contributed by atoms with Crippen molar-refractivity contribution in [3.63, 3.8) is 0 Å². The smallest absolute Gasteiger partial charge is 0.341 e. The molecule has 0 unspecified atom stereocenters. The van der Waals surface area contributed by atoms with Crippen molar-refractivity contribution in [3.8, 4) is 5.75 Å². The van der Waals surface area contributed by atoms with Gasteiger partial charge in [-0.2, -0.15) is 0 Å². The van der Waals surface area contributed by atoms with Crippen LogP contribution in [0.2, 0.25) is 5.15 Å².